The van der Waals surface area contributed by atoms with Gasteiger partial charge in [-0.15, -0.1) is 0 Å². The number of methoxy groups -OCH3 is 1. The van der Waals surface area contributed by atoms with Crippen molar-refractivity contribution in [1.29, 1.82) is 0 Å². The van der Waals surface area contributed by atoms with Gasteiger partial charge in [0.15, 0.2) is 0 Å². The Balaban J connectivity index is 2.12. The predicted octanol–water partition coefficient (Wildman–Crippen LogP) is 2.35. The molecule has 1 aromatic rings. The molecule has 3 N–H and O–H groups in total. The van der Waals surface area contributed by atoms with E-state index in [-0.39, 0.29) is 6.04 Å². The summed E-state index contributed by atoms with van der Waals surface area (Å²) in [5.41, 5.74) is 7.38. The van der Waals surface area contributed by atoms with Crippen molar-refractivity contribution in [1.82, 2.24) is 5.32 Å². The van der Waals surface area contributed by atoms with Crippen LogP contribution in [-0.2, 0) is 0 Å². The molecule has 1 aromatic carbocycles. The van der Waals surface area contributed by atoms with Crippen LogP contribution in [0.3, 0.4) is 0 Å². The Bertz CT molecular complexity index is 378. The first-order chi connectivity index (χ1) is 8.22. The number of hydrogen-bond acceptors (Lipinski definition) is 3. The molecule has 3 nitrogen and oxygen atoms in total. The maximum Gasteiger partial charge on any atom is 0.137 e. The second kappa shape index (κ2) is 5.71. The lowest BCUT2D eigenvalue weighted by molar-refractivity contribution is 0.326. The number of benzene rings is 1. The number of nitrogens with one attached hydrogen (secondary N) is 1. The molecule has 0 aliphatic carbocycles. The molecule has 4 heteroatoms. The summed E-state index contributed by atoms with van der Waals surface area (Å²) in [5.74, 6) is 1.19. The van der Waals surface area contributed by atoms with Crippen molar-refractivity contribution in [3.8, 4) is 5.75 Å². The zero-order valence-corrected chi connectivity index (χ0v) is 10.8. The topological polar surface area (TPSA) is 47.3 Å². The van der Waals surface area contributed by atoms with Gasteiger partial charge >= 0.3 is 0 Å². The van der Waals surface area contributed by atoms with Gasteiger partial charge in [0.2, 0.25) is 0 Å². The van der Waals surface area contributed by atoms with Gasteiger partial charge in [-0.3, -0.25) is 0 Å². The molecule has 1 fully saturated rings. The molecule has 17 heavy (non-hydrogen) atoms. The van der Waals surface area contributed by atoms with Crippen molar-refractivity contribution < 1.29 is 4.74 Å². The average Bonchev–Trinajstić information content (AvgIpc) is 2.39. The van der Waals surface area contributed by atoms with Crippen molar-refractivity contribution in [2.75, 3.05) is 20.2 Å². The van der Waals surface area contributed by atoms with Gasteiger partial charge in [0, 0.05) is 6.04 Å². The Labute approximate surface area is 107 Å². The summed E-state index contributed by atoms with van der Waals surface area (Å²) in [5, 5.41) is 4.01. The normalized spacial score (nSPS) is 22.2. The molecule has 0 spiro atoms. The van der Waals surface area contributed by atoms with E-state index >= 15 is 0 Å². The fourth-order valence-corrected chi connectivity index (χ4v) is 2.61. The molecule has 1 saturated heterocycles. The molecule has 1 heterocycles. The summed E-state index contributed by atoms with van der Waals surface area (Å²) in [4.78, 5) is 0. The van der Waals surface area contributed by atoms with Crippen LogP contribution in [0.4, 0.5) is 0 Å². The molecular weight excluding hydrogens is 236 g/mol. The zero-order valence-electron chi connectivity index (χ0n) is 10.1. The van der Waals surface area contributed by atoms with E-state index in [0.717, 1.165) is 18.7 Å². The van der Waals surface area contributed by atoms with E-state index in [1.54, 1.807) is 7.11 Å². The number of hydrogen-bond donors (Lipinski definition) is 2. The largest absolute Gasteiger partial charge is 0.495 e. The van der Waals surface area contributed by atoms with Crippen LogP contribution >= 0.6 is 11.6 Å². The SMILES string of the molecule is COc1ccc(C(N)C2CCCNC2)cc1Cl. The Morgan fingerprint density at radius 1 is 1.53 bits per heavy atom. The zero-order chi connectivity index (χ0) is 12.3. The minimum atomic E-state index is 0.0474. The molecular formula is C13H19ClN2O. The van der Waals surface area contributed by atoms with Crippen molar-refractivity contribution in [3.05, 3.63) is 28.8 Å². The summed E-state index contributed by atoms with van der Waals surface area (Å²) >= 11 is 6.12. The highest BCUT2D eigenvalue weighted by molar-refractivity contribution is 6.32. The third kappa shape index (κ3) is 2.92. The monoisotopic (exact) mass is 254 g/mol. The highest BCUT2D eigenvalue weighted by atomic mass is 35.5. The number of ether oxygens (including phenoxy) is 1. The quantitative estimate of drug-likeness (QED) is 0.871. The van der Waals surface area contributed by atoms with Gasteiger partial charge in [0.05, 0.1) is 12.1 Å². The Hall–Kier alpha value is -0.770. The van der Waals surface area contributed by atoms with E-state index < -0.39 is 0 Å². The van der Waals surface area contributed by atoms with Crippen LogP contribution in [0, 0.1) is 5.92 Å². The first-order valence-corrected chi connectivity index (χ1v) is 6.40. The van der Waals surface area contributed by atoms with Crippen molar-refractivity contribution >= 4 is 11.6 Å². The van der Waals surface area contributed by atoms with Crippen LogP contribution in [0.2, 0.25) is 5.02 Å². The second-order valence-electron chi connectivity index (χ2n) is 4.53. The van der Waals surface area contributed by atoms with Gasteiger partial charge in [0.1, 0.15) is 5.75 Å². The van der Waals surface area contributed by atoms with E-state index in [9.17, 15) is 0 Å². The minimum Gasteiger partial charge on any atom is -0.495 e. The highest BCUT2D eigenvalue weighted by Crippen LogP contribution is 2.31. The van der Waals surface area contributed by atoms with E-state index in [1.165, 1.54) is 12.8 Å². The van der Waals surface area contributed by atoms with Crippen molar-refractivity contribution in [2.45, 2.75) is 18.9 Å². The predicted molar refractivity (Wildman–Crippen MR) is 70.5 cm³/mol. The van der Waals surface area contributed by atoms with Gasteiger partial charge in [-0.1, -0.05) is 17.7 Å². The van der Waals surface area contributed by atoms with Gasteiger partial charge in [-0.2, -0.15) is 0 Å². The van der Waals surface area contributed by atoms with E-state index in [2.05, 4.69) is 5.32 Å². The van der Waals surface area contributed by atoms with Crippen LogP contribution in [0.5, 0.6) is 5.75 Å². The van der Waals surface area contributed by atoms with Crippen LogP contribution in [0.25, 0.3) is 0 Å². The fourth-order valence-electron chi connectivity index (χ4n) is 2.35. The van der Waals surface area contributed by atoms with E-state index in [1.807, 2.05) is 18.2 Å². The maximum atomic E-state index is 6.29. The van der Waals surface area contributed by atoms with Crippen molar-refractivity contribution in [3.63, 3.8) is 0 Å². The second-order valence-corrected chi connectivity index (χ2v) is 4.93. The summed E-state index contributed by atoms with van der Waals surface area (Å²) in [7, 11) is 1.62. The lowest BCUT2D eigenvalue weighted by atomic mass is 9.88. The van der Waals surface area contributed by atoms with Crippen LogP contribution in [-0.4, -0.2) is 20.2 Å². The molecule has 94 valence electrons. The molecule has 0 saturated carbocycles. The average molecular weight is 255 g/mol. The standard InChI is InChI=1S/C13H19ClN2O/c1-17-12-5-4-9(7-11(12)14)13(15)10-3-2-6-16-8-10/h4-5,7,10,13,16H,2-3,6,8,15H2,1H3. The fraction of sp³-hybridized carbons (Fsp3) is 0.538. The van der Waals surface area contributed by atoms with Crippen LogP contribution < -0.4 is 15.8 Å². The third-order valence-electron chi connectivity index (χ3n) is 3.40. The summed E-state index contributed by atoms with van der Waals surface area (Å²) in [6, 6.07) is 5.85. The Morgan fingerprint density at radius 3 is 2.94 bits per heavy atom. The van der Waals surface area contributed by atoms with Crippen molar-refractivity contribution in [2.24, 2.45) is 11.7 Å². The molecule has 1 aliphatic rings. The number of piperidine rings is 1. The molecule has 0 bridgehead atoms. The first-order valence-electron chi connectivity index (χ1n) is 6.02. The van der Waals surface area contributed by atoms with E-state index in [4.69, 9.17) is 22.1 Å². The molecule has 2 rings (SSSR count). The lowest BCUT2D eigenvalue weighted by Gasteiger charge is -2.28. The molecule has 0 radical (unpaired) electrons. The van der Waals surface area contributed by atoms with Crippen LogP contribution in [0.1, 0.15) is 24.4 Å². The maximum absolute atomic E-state index is 6.29. The smallest absolute Gasteiger partial charge is 0.137 e. The first kappa shape index (κ1) is 12.7. The summed E-state index contributed by atoms with van der Waals surface area (Å²) < 4.78 is 5.14. The third-order valence-corrected chi connectivity index (χ3v) is 3.70. The molecule has 2 atom stereocenters. The number of nitrogens with two attached hydrogens (primary N) is 1. The molecule has 0 amide bonds. The van der Waals surface area contributed by atoms with Gasteiger partial charge in [-0.05, 0) is 49.5 Å². The summed E-state index contributed by atoms with van der Waals surface area (Å²) in [6.45, 7) is 2.09. The van der Waals surface area contributed by atoms with E-state index in [0.29, 0.717) is 16.7 Å². The van der Waals surface area contributed by atoms with Gasteiger partial charge in [-0.25, -0.2) is 0 Å². The molecule has 1 aliphatic heterocycles. The molecule has 0 aromatic heterocycles. The summed E-state index contributed by atoms with van der Waals surface area (Å²) in [6.07, 6.45) is 2.38. The number of halogens is 1. The lowest BCUT2D eigenvalue weighted by Crippen LogP contribution is -2.36. The Kier molecular flexibility index (Phi) is 4.26. The van der Waals surface area contributed by atoms with Crippen LogP contribution in [0.15, 0.2) is 18.2 Å². The Morgan fingerprint density at radius 2 is 2.35 bits per heavy atom. The molecule has 2 unspecified atom stereocenters. The van der Waals surface area contributed by atoms with Gasteiger partial charge < -0.3 is 15.8 Å². The minimum absolute atomic E-state index is 0.0474. The highest BCUT2D eigenvalue weighted by Gasteiger charge is 2.22. The number of rotatable bonds is 3. The van der Waals surface area contributed by atoms with Gasteiger partial charge in [0.25, 0.3) is 0 Å².